The number of nitrogens with zero attached hydrogens (tertiary/aromatic N) is 1. The van der Waals surface area contributed by atoms with Crippen LogP contribution < -0.4 is 10.2 Å². The Morgan fingerprint density at radius 3 is 2.67 bits per heavy atom. The number of amides is 2. The largest absolute Gasteiger partial charge is 0.342 e. The molecular formula is C16H21BrN2O2. The summed E-state index contributed by atoms with van der Waals surface area (Å²) >= 11 is 3.47. The molecule has 114 valence electrons. The number of aryl methyl sites for hydroxylation is 1. The molecular weight excluding hydrogens is 332 g/mol. The van der Waals surface area contributed by atoms with Crippen molar-refractivity contribution in [1.82, 2.24) is 5.32 Å². The van der Waals surface area contributed by atoms with Gasteiger partial charge in [0.05, 0.1) is 0 Å². The van der Waals surface area contributed by atoms with Crippen LogP contribution in [0.25, 0.3) is 0 Å². The van der Waals surface area contributed by atoms with Gasteiger partial charge in [-0.25, -0.2) is 0 Å². The molecule has 5 heteroatoms. The maximum atomic E-state index is 12.9. The summed E-state index contributed by atoms with van der Waals surface area (Å²) in [6.45, 7) is 6.21. The van der Waals surface area contributed by atoms with Gasteiger partial charge in [-0.2, -0.15) is 0 Å². The molecule has 0 radical (unpaired) electrons. The van der Waals surface area contributed by atoms with Crippen LogP contribution in [0.15, 0.2) is 22.7 Å². The molecule has 1 fully saturated rings. The van der Waals surface area contributed by atoms with Crippen LogP contribution in [0.4, 0.5) is 5.69 Å². The first-order chi connectivity index (χ1) is 9.91. The summed E-state index contributed by atoms with van der Waals surface area (Å²) in [5.74, 6) is -0.0989. The summed E-state index contributed by atoms with van der Waals surface area (Å²) in [5, 5.41) is 2.86. The topological polar surface area (TPSA) is 49.4 Å². The van der Waals surface area contributed by atoms with E-state index < -0.39 is 5.54 Å². The van der Waals surface area contributed by atoms with Gasteiger partial charge >= 0.3 is 0 Å². The summed E-state index contributed by atoms with van der Waals surface area (Å²) in [7, 11) is 0. The smallest absolute Gasteiger partial charge is 0.252 e. The lowest BCUT2D eigenvalue weighted by molar-refractivity contribution is -0.129. The Kier molecular flexibility index (Phi) is 4.71. The maximum absolute atomic E-state index is 12.9. The fourth-order valence-electron chi connectivity index (χ4n) is 2.61. The molecule has 0 aromatic heterocycles. The maximum Gasteiger partial charge on any atom is 0.252 e. The monoisotopic (exact) mass is 352 g/mol. The van der Waals surface area contributed by atoms with Crippen molar-refractivity contribution in [2.75, 3.05) is 11.4 Å². The Morgan fingerprint density at radius 2 is 2.05 bits per heavy atom. The third kappa shape index (κ3) is 3.12. The van der Waals surface area contributed by atoms with Crippen LogP contribution in [0.1, 0.15) is 39.2 Å². The zero-order valence-electron chi connectivity index (χ0n) is 12.7. The SMILES string of the molecule is CCc1cc(Br)ccc1N1CCC(=O)NC(C)(CC)C1=O. The predicted octanol–water partition coefficient (Wildman–Crippen LogP) is 3.03. The number of carbonyl (C=O) groups is 2. The van der Waals surface area contributed by atoms with E-state index in [1.807, 2.05) is 25.1 Å². The first-order valence-electron chi connectivity index (χ1n) is 7.32. The van der Waals surface area contributed by atoms with E-state index in [1.54, 1.807) is 11.8 Å². The molecule has 1 aliphatic rings. The highest BCUT2D eigenvalue weighted by atomic mass is 79.9. The predicted molar refractivity (Wildman–Crippen MR) is 87.3 cm³/mol. The van der Waals surface area contributed by atoms with Crippen molar-refractivity contribution < 1.29 is 9.59 Å². The summed E-state index contributed by atoms with van der Waals surface area (Å²) in [6.07, 6.45) is 1.75. The molecule has 1 heterocycles. The van der Waals surface area contributed by atoms with E-state index in [-0.39, 0.29) is 11.8 Å². The summed E-state index contributed by atoms with van der Waals surface area (Å²) in [5.41, 5.74) is 1.18. The van der Waals surface area contributed by atoms with Gasteiger partial charge in [-0.1, -0.05) is 29.8 Å². The molecule has 1 saturated heterocycles. The summed E-state index contributed by atoms with van der Waals surface area (Å²) < 4.78 is 0.998. The second kappa shape index (κ2) is 6.18. The Hall–Kier alpha value is -1.36. The Labute approximate surface area is 134 Å². The van der Waals surface area contributed by atoms with Crippen molar-refractivity contribution in [3.05, 3.63) is 28.2 Å². The Bertz CT molecular complexity index is 573. The van der Waals surface area contributed by atoms with Gasteiger partial charge in [0.1, 0.15) is 5.54 Å². The highest BCUT2D eigenvalue weighted by Crippen LogP contribution is 2.29. The molecule has 1 unspecified atom stereocenters. The number of halogens is 1. The Balaban J connectivity index is 2.47. The van der Waals surface area contributed by atoms with E-state index in [4.69, 9.17) is 0 Å². The van der Waals surface area contributed by atoms with Gasteiger partial charge in [-0.3, -0.25) is 9.59 Å². The van der Waals surface area contributed by atoms with E-state index in [0.717, 1.165) is 22.1 Å². The lowest BCUT2D eigenvalue weighted by Gasteiger charge is -2.32. The fourth-order valence-corrected chi connectivity index (χ4v) is 3.01. The molecule has 0 saturated carbocycles. The second-order valence-electron chi connectivity index (χ2n) is 5.57. The zero-order chi connectivity index (χ0) is 15.6. The molecule has 1 aromatic rings. The average Bonchev–Trinajstić information content (AvgIpc) is 2.57. The Morgan fingerprint density at radius 1 is 1.33 bits per heavy atom. The van der Waals surface area contributed by atoms with Crippen LogP contribution in [-0.2, 0) is 16.0 Å². The molecule has 1 aromatic carbocycles. The number of rotatable bonds is 3. The van der Waals surface area contributed by atoms with Crippen molar-refractivity contribution in [1.29, 1.82) is 0 Å². The second-order valence-corrected chi connectivity index (χ2v) is 6.48. The van der Waals surface area contributed by atoms with Crippen molar-refractivity contribution in [2.45, 2.75) is 45.6 Å². The minimum absolute atomic E-state index is 0.0344. The quantitative estimate of drug-likeness (QED) is 0.908. The van der Waals surface area contributed by atoms with Crippen LogP contribution in [0.3, 0.4) is 0 Å². The van der Waals surface area contributed by atoms with Gasteiger partial charge in [0.15, 0.2) is 0 Å². The molecule has 0 spiro atoms. The van der Waals surface area contributed by atoms with E-state index in [0.29, 0.717) is 19.4 Å². The third-order valence-corrected chi connectivity index (χ3v) is 4.61. The zero-order valence-corrected chi connectivity index (χ0v) is 14.3. The summed E-state index contributed by atoms with van der Waals surface area (Å²) in [6, 6.07) is 5.92. The number of benzene rings is 1. The highest BCUT2D eigenvalue weighted by molar-refractivity contribution is 9.10. The van der Waals surface area contributed by atoms with E-state index in [9.17, 15) is 9.59 Å². The molecule has 2 amide bonds. The van der Waals surface area contributed by atoms with Crippen molar-refractivity contribution >= 4 is 33.4 Å². The molecule has 21 heavy (non-hydrogen) atoms. The normalized spacial score (nSPS) is 23.0. The van der Waals surface area contributed by atoms with Crippen molar-refractivity contribution in [2.24, 2.45) is 0 Å². The number of nitrogens with one attached hydrogen (secondary N) is 1. The van der Waals surface area contributed by atoms with Crippen LogP contribution in [0, 0.1) is 0 Å². The molecule has 0 aliphatic carbocycles. The average molecular weight is 353 g/mol. The van der Waals surface area contributed by atoms with Crippen LogP contribution in [0.2, 0.25) is 0 Å². The lowest BCUT2D eigenvalue weighted by Crippen LogP contribution is -2.55. The lowest BCUT2D eigenvalue weighted by atomic mass is 9.96. The van der Waals surface area contributed by atoms with Gasteiger partial charge in [0.25, 0.3) is 5.91 Å². The van der Waals surface area contributed by atoms with Gasteiger partial charge < -0.3 is 10.2 Å². The van der Waals surface area contributed by atoms with Gasteiger partial charge in [0.2, 0.25) is 5.91 Å². The number of hydrogen-bond acceptors (Lipinski definition) is 2. The molecule has 4 nitrogen and oxygen atoms in total. The van der Waals surface area contributed by atoms with E-state index >= 15 is 0 Å². The van der Waals surface area contributed by atoms with Crippen molar-refractivity contribution in [3.8, 4) is 0 Å². The van der Waals surface area contributed by atoms with E-state index in [1.165, 1.54) is 0 Å². The molecule has 1 aliphatic heterocycles. The standard InChI is InChI=1S/C16H21BrN2O2/c1-4-11-10-12(17)6-7-13(11)19-9-8-14(20)18-16(3,5-2)15(19)21/h6-7,10H,4-5,8-9H2,1-3H3,(H,18,20). The number of carbonyl (C=O) groups excluding carboxylic acids is 2. The number of anilines is 1. The molecule has 1 N–H and O–H groups in total. The molecule has 2 rings (SSSR count). The summed E-state index contributed by atoms with van der Waals surface area (Å²) in [4.78, 5) is 26.5. The van der Waals surface area contributed by atoms with Gasteiger partial charge in [-0.15, -0.1) is 0 Å². The van der Waals surface area contributed by atoms with E-state index in [2.05, 4.69) is 28.2 Å². The third-order valence-electron chi connectivity index (χ3n) is 4.12. The fraction of sp³-hybridized carbons (Fsp3) is 0.500. The van der Waals surface area contributed by atoms with Gasteiger partial charge in [-0.05, 0) is 43.5 Å². The van der Waals surface area contributed by atoms with Crippen LogP contribution in [0.5, 0.6) is 0 Å². The van der Waals surface area contributed by atoms with Crippen molar-refractivity contribution in [3.63, 3.8) is 0 Å². The first kappa shape index (κ1) is 16.0. The number of hydrogen-bond donors (Lipinski definition) is 1. The minimum atomic E-state index is -0.828. The van der Waals surface area contributed by atoms with Crippen LogP contribution in [-0.4, -0.2) is 23.9 Å². The first-order valence-corrected chi connectivity index (χ1v) is 8.12. The van der Waals surface area contributed by atoms with Gasteiger partial charge in [0, 0.05) is 23.1 Å². The molecule has 0 bridgehead atoms. The van der Waals surface area contributed by atoms with Crippen LogP contribution >= 0.6 is 15.9 Å². The highest BCUT2D eigenvalue weighted by Gasteiger charge is 2.40. The minimum Gasteiger partial charge on any atom is -0.342 e. The molecule has 1 atom stereocenters.